The highest BCUT2D eigenvalue weighted by molar-refractivity contribution is 9.10. The lowest BCUT2D eigenvalue weighted by molar-refractivity contribution is 0.262. The maximum atomic E-state index is 9.19. The number of halogens is 1. The van der Waals surface area contributed by atoms with E-state index in [1.807, 2.05) is 18.2 Å². The molecule has 1 aliphatic rings. The van der Waals surface area contributed by atoms with Crippen molar-refractivity contribution in [3.05, 3.63) is 28.2 Å². The van der Waals surface area contributed by atoms with Crippen LogP contribution >= 0.6 is 15.9 Å². The molecule has 1 aromatic rings. The molecule has 2 rings (SSSR count). The standard InChI is InChI=1S/C14H20BrN3O/c15-12-9-10(14(16)17)4-5-13(12)18-7-2-1-3-11(18)6-8-19/h4-5,9,11,19H,1-3,6-8H2,(H3,16,17). The van der Waals surface area contributed by atoms with Gasteiger partial charge < -0.3 is 15.7 Å². The van der Waals surface area contributed by atoms with Gasteiger partial charge in [0, 0.05) is 29.2 Å². The highest BCUT2D eigenvalue weighted by Gasteiger charge is 2.23. The van der Waals surface area contributed by atoms with Crippen LogP contribution in [0.25, 0.3) is 0 Å². The quantitative estimate of drug-likeness (QED) is 0.588. The molecule has 1 atom stereocenters. The summed E-state index contributed by atoms with van der Waals surface area (Å²) in [6, 6.07) is 6.18. The van der Waals surface area contributed by atoms with Crippen LogP contribution in [-0.2, 0) is 0 Å². The van der Waals surface area contributed by atoms with E-state index in [-0.39, 0.29) is 12.4 Å². The molecule has 1 saturated heterocycles. The molecule has 4 N–H and O–H groups in total. The number of aliphatic hydroxyl groups excluding tert-OH is 1. The molecule has 1 aromatic carbocycles. The van der Waals surface area contributed by atoms with E-state index in [2.05, 4.69) is 20.8 Å². The number of aliphatic hydroxyl groups is 1. The number of benzene rings is 1. The second-order valence-electron chi connectivity index (χ2n) is 4.94. The minimum absolute atomic E-state index is 0.0813. The molecule has 1 aliphatic heterocycles. The number of hydrogen-bond acceptors (Lipinski definition) is 3. The Morgan fingerprint density at radius 2 is 2.26 bits per heavy atom. The van der Waals surface area contributed by atoms with Crippen LogP contribution in [0.15, 0.2) is 22.7 Å². The average Bonchev–Trinajstić information content (AvgIpc) is 2.40. The summed E-state index contributed by atoms with van der Waals surface area (Å²) < 4.78 is 0.963. The molecule has 19 heavy (non-hydrogen) atoms. The lowest BCUT2D eigenvalue weighted by atomic mass is 9.98. The Kier molecular flexibility index (Phi) is 4.82. The third-order valence-electron chi connectivity index (χ3n) is 3.66. The first kappa shape index (κ1) is 14.3. The minimum Gasteiger partial charge on any atom is -0.396 e. The molecule has 1 heterocycles. The molecular weight excluding hydrogens is 306 g/mol. The summed E-state index contributed by atoms with van der Waals surface area (Å²) in [6.45, 7) is 1.24. The van der Waals surface area contributed by atoms with E-state index in [9.17, 15) is 5.11 Å². The summed E-state index contributed by atoms with van der Waals surface area (Å²) in [5, 5.41) is 16.6. The van der Waals surface area contributed by atoms with E-state index in [1.165, 1.54) is 12.8 Å². The number of nitrogen functional groups attached to an aromatic ring is 1. The van der Waals surface area contributed by atoms with Crippen LogP contribution in [0.2, 0.25) is 0 Å². The van der Waals surface area contributed by atoms with Crippen molar-refractivity contribution in [1.82, 2.24) is 0 Å². The largest absolute Gasteiger partial charge is 0.396 e. The van der Waals surface area contributed by atoms with Gasteiger partial charge in [-0.3, -0.25) is 5.41 Å². The van der Waals surface area contributed by atoms with Crippen LogP contribution in [-0.4, -0.2) is 30.1 Å². The first-order chi connectivity index (χ1) is 9.13. The van der Waals surface area contributed by atoms with Crippen LogP contribution in [0.4, 0.5) is 5.69 Å². The first-order valence-electron chi connectivity index (χ1n) is 6.65. The maximum Gasteiger partial charge on any atom is 0.122 e. The van der Waals surface area contributed by atoms with Gasteiger partial charge in [-0.05, 0) is 59.8 Å². The number of hydrogen-bond donors (Lipinski definition) is 3. The number of nitrogens with two attached hydrogens (primary N) is 1. The number of nitrogens with one attached hydrogen (secondary N) is 1. The number of piperidine rings is 1. The first-order valence-corrected chi connectivity index (χ1v) is 7.44. The molecule has 0 amide bonds. The zero-order chi connectivity index (χ0) is 13.8. The van der Waals surface area contributed by atoms with Crippen molar-refractivity contribution in [3.63, 3.8) is 0 Å². The molecule has 0 saturated carbocycles. The second-order valence-corrected chi connectivity index (χ2v) is 5.79. The minimum atomic E-state index is 0.0813. The van der Waals surface area contributed by atoms with E-state index in [0.717, 1.165) is 35.1 Å². The highest BCUT2D eigenvalue weighted by atomic mass is 79.9. The van der Waals surface area contributed by atoms with Gasteiger partial charge in [0.05, 0.1) is 5.69 Å². The fraction of sp³-hybridized carbons (Fsp3) is 0.500. The lowest BCUT2D eigenvalue weighted by Crippen LogP contribution is -2.40. The van der Waals surface area contributed by atoms with Crippen LogP contribution in [0, 0.1) is 5.41 Å². The van der Waals surface area contributed by atoms with E-state index in [1.54, 1.807) is 0 Å². The molecule has 0 aromatic heterocycles. The summed E-state index contributed by atoms with van der Waals surface area (Å²) in [6.07, 6.45) is 4.34. The Hall–Kier alpha value is -1.07. The van der Waals surface area contributed by atoms with Crippen molar-refractivity contribution < 1.29 is 5.11 Å². The summed E-state index contributed by atoms with van der Waals surface area (Å²) in [5.74, 6) is 0.0813. The van der Waals surface area contributed by atoms with Gasteiger partial charge in [-0.25, -0.2) is 0 Å². The van der Waals surface area contributed by atoms with Crippen molar-refractivity contribution in [1.29, 1.82) is 5.41 Å². The van der Waals surface area contributed by atoms with Gasteiger partial charge in [-0.2, -0.15) is 0 Å². The maximum absolute atomic E-state index is 9.19. The molecule has 0 aliphatic carbocycles. The van der Waals surface area contributed by atoms with Gasteiger partial charge in [0.2, 0.25) is 0 Å². The van der Waals surface area contributed by atoms with Crippen LogP contribution in [0.5, 0.6) is 0 Å². The van der Waals surface area contributed by atoms with Gasteiger partial charge in [-0.1, -0.05) is 0 Å². The van der Waals surface area contributed by atoms with Gasteiger partial charge in [-0.15, -0.1) is 0 Å². The van der Waals surface area contributed by atoms with Crippen molar-refractivity contribution in [2.75, 3.05) is 18.1 Å². The molecule has 5 heteroatoms. The van der Waals surface area contributed by atoms with Crippen molar-refractivity contribution in [3.8, 4) is 0 Å². The summed E-state index contributed by atoms with van der Waals surface area (Å²) in [7, 11) is 0. The average molecular weight is 326 g/mol. The Bertz CT molecular complexity index is 462. The molecule has 0 spiro atoms. The van der Waals surface area contributed by atoms with E-state index in [0.29, 0.717) is 6.04 Å². The topological polar surface area (TPSA) is 73.3 Å². The van der Waals surface area contributed by atoms with Crippen molar-refractivity contribution in [2.45, 2.75) is 31.7 Å². The normalized spacial score (nSPS) is 19.5. The molecule has 4 nitrogen and oxygen atoms in total. The summed E-state index contributed by atoms with van der Waals surface area (Å²) in [4.78, 5) is 2.35. The predicted molar refractivity (Wildman–Crippen MR) is 81.8 cm³/mol. The molecule has 0 radical (unpaired) electrons. The molecule has 1 fully saturated rings. The Morgan fingerprint density at radius 3 is 2.89 bits per heavy atom. The van der Waals surface area contributed by atoms with Gasteiger partial charge in [0.1, 0.15) is 5.84 Å². The Balaban J connectivity index is 2.26. The molecule has 104 valence electrons. The number of anilines is 1. The zero-order valence-electron chi connectivity index (χ0n) is 10.9. The van der Waals surface area contributed by atoms with Crippen LogP contribution < -0.4 is 10.6 Å². The second kappa shape index (κ2) is 6.39. The van der Waals surface area contributed by atoms with Crippen LogP contribution in [0.3, 0.4) is 0 Å². The highest BCUT2D eigenvalue weighted by Crippen LogP contribution is 2.33. The summed E-state index contributed by atoms with van der Waals surface area (Å²) >= 11 is 3.57. The number of amidine groups is 1. The van der Waals surface area contributed by atoms with E-state index < -0.39 is 0 Å². The summed E-state index contributed by atoms with van der Waals surface area (Å²) in [5.41, 5.74) is 7.36. The van der Waals surface area contributed by atoms with Gasteiger partial charge in [0.25, 0.3) is 0 Å². The Labute approximate surface area is 122 Å². The molecular formula is C14H20BrN3O. The van der Waals surface area contributed by atoms with Crippen molar-refractivity contribution in [2.24, 2.45) is 5.73 Å². The van der Waals surface area contributed by atoms with E-state index in [4.69, 9.17) is 11.1 Å². The van der Waals surface area contributed by atoms with E-state index >= 15 is 0 Å². The smallest absolute Gasteiger partial charge is 0.122 e. The number of nitrogens with zero attached hydrogens (tertiary/aromatic N) is 1. The molecule has 0 bridgehead atoms. The third kappa shape index (κ3) is 3.28. The third-order valence-corrected chi connectivity index (χ3v) is 4.29. The van der Waals surface area contributed by atoms with Crippen molar-refractivity contribution >= 4 is 27.5 Å². The number of rotatable bonds is 4. The molecule has 1 unspecified atom stereocenters. The fourth-order valence-electron chi connectivity index (χ4n) is 2.67. The fourth-order valence-corrected chi connectivity index (χ4v) is 3.28. The monoisotopic (exact) mass is 325 g/mol. The Morgan fingerprint density at radius 1 is 1.47 bits per heavy atom. The lowest BCUT2D eigenvalue weighted by Gasteiger charge is -2.38. The van der Waals surface area contributed by atoms with Gasteiger partial charge >= 0.3 is 0 Å². The predicted octanol–water partition coefficient (Wildman–Crippen LogP) is 2.47. The SMILES string of the molecule is N=C(N)c1ccc(N2CCCCC2CCO)c(Br)c1. The van der Waals surface area contributed by atoms with Gasteiger partial charge in [0.15, 0.2) is 0 Å². The zero-order valence-corrected chi connectivity index (χ0v) is 12.5. The van der Waals surface area contributed by atoms with Crippen LogP contribution in [0.1, 0.15) is 31.2 Å².